The Labute approximate surface area is 202 Å². The zero-order valence-corrected chi connectivity index (χ0v) is 19.9. The number of amides is 1. The predicted molar refractivity (Wildman–Crippen MR) is 136 cm³/mol. The quantitative estimate of drug-likeness (QED) is 0.328. The van der Waals surface area contributed by atoms with E-state index >= 15 is 0 Å². The van der Waals surface area contributed by atoms with E-state index in [1.165, 1.54) is 18.4 Å². The molecule has 0 saturated carbocycles. The zero-order valence-electron chi connectivity index (χ0n) is 19.0. The van der Waals surface area contributed by atoms with Crippen molar-refractivity contribution in [2.24, 2.45) is 5.92 Å². The van der Waals surface area contributed by atoms with Crippen LogP contribution in [0.3, 0.4) is 0 Å². The lowest BCUT2D eigenvalue weighted by atomic mass is 9.92. The minimum absolute atomic E-state index is 0.111. The maximum atomic E-state index is 13.5. The monoisotopic (exact) mass is 482 g/mol. The molecule has 5 rings (SSSR count). The van der Waals surface area contributed by atoms with Crippen molar-refractivity contribution in [3.63, 3.8) is 0 Å². The molecule has 3 aromatic rings. The molecule has 0 spiro atoms. The smallest absolute Gasteiger partial charge is 0.258 e. The van der Waals surface area contributed by atoms with Crippen LogP contribution in [0.25, 0.3) is 5.65 Å². The lowest BCUT2D eigenvalue weighted by molar-refractivity contribution is 0.102. The summed E-state index contributed by atoms with van der Waals surface area (Å²) in [5.74, 6) is 2.06. The molecule has 11 heteroatoms. The third-order valence-electron chi connectivity index (χ3n) is 6.34. The molecule has 2 aliphatic rings. The summed E-state index contributed by atoms with van der Waals surface area (Å²) in [5.41, 5.74) is 3.10. The first-order valence-electron chi connectivity index (χ1n) is 11.8. The summed E-state index contributed by atoms with van der Waals surface area (Å²) in [4.78, 5) is 20.4. The van der Waals surface area contributed by atoms with Gasteiger partial charge in [-0.25, -0.2) is 4.98 Å². The van der Waals surface area contributed by atoms with E-state index in [9.17, 15) is 4.79 Å². The normalized spacial score (nSPS) is 18.9. The molecule has 34 heavy (non-hydrogen) atoms. The number of piperidine rings is 1. The van der Waals surface area contributed by atoms with E-state index in [4.69, 9.17) is 5.11 Å². The average Bonchev–Trinajstić information content (AvgIpc) is 3.32. The molecule has 1 atom stereocenters. The zero-order chi connectivity index (χ0) is 23.3. The third kappa shape index (κ3) is 5.05. The molecule has 4 heterocycles. The van der Waals surface area contributed by atoms with Crippen LogP contribution in [0.15, 0.2) is 30.7 Å². The van der Waals surface area contributed by atoms with Gasteiger partial charge in [0.25, 0.3) is 5.91 Å². The van der Waals surface area contributed by atoms with Gasteiger partial charge in [0.05, 0.1) is 24.1 Å². The van der Waals surface area contributed by atoms with Gasteiger partial charge in [-0.3, -0.25) is 9.20 Å². The van der Waals surface area contributed by atoms with Crippen molar-refractivity contribution < 1.29 is 9.90 Å². The standard InChI is InChI=1S/C23H30N8O2S/c32-10-11-34-29-17-6-7-18-19(12-17)30-9-3-5-16(13-30)4-1-2-8-24-21-22-28-25-15-31(22)14-20(26-21)27-23(18)33/h6-7,12,14-16,29,32H,1-5,8-11,13H2,(H,24,26)(H,27,33). The fourth-order valence-electron chi connectivity index (χ4n) is 4.71. The highest BCUT2D eigenvalue weighted by molar-refractivity contribution is 8.00. The Morgan fingerprint density at radius 1 is 1.24 bits per heavy atom. The van der Waals surface area contributed by atoms with Gasteiger partial charge in [0.15, 0.2) is 11.6 Å². The van der Waals surface area contributed by atoms with E-state index in [0.29, 0.717) is 34.5 Å². The highest BCUT2D eigenvalue weighted by Gasteiger charge is 2.25. The van der Waals surface area contributed by atoms with Crippen LogP contribution in [0.5, 0.6) is 0 Å². The fourth-order valence-corrected chi connectivity index (χ4v) is 5.20. The van der Waals surface area contributed by atoms with Crippen molar-refractivity contribution in [2.45, 2.75) is 32.1 Å². The first-order chi connectivity index (χ1) is 16.7. The lowest BCUT2D eigenvalue weighted by Crippen LogP contribution is -2.36. The van der Waals surface area contributed by atoms with Crippen LogP contribution < -0.4 is 20.3 Å². The summed E-state index contributed by atoms with van der Waals surface area (Å²) >= 11 is 1.45. The molecule has 4 bridgehead atoms. The predicted octanol–water partition coefficient (Wildman–Crippen LogP) is 3.24. The Kier molecular flexibility index (Phi) is 7.00. The Morgan fingerprint density at radius 3 is 3.06 bits per heavy atom. The van der Waals surface area contributed by atoms with Crippen molar-refractivity contribution in [1.82, 2.24) is 19.6 Å². The molecule has 4 N–H and O–H groups in total. The number of rotatable bonds is 4. The van der Waals surface area contributed by atoms with Crippen LogP contribution in [0.1, 0.15) is 42.5 Å². The van der Waals surface area contributed by atoms with E-state index < -0.39 is 0 Å². The van der Waals surface area contributed by atoms with Gasteiger partial charge in [-0.2, -0.15) is 0 Å². The molecule has 2 aromatic heterocycles. The number of aliphatic hydroxyl groups is 1. The summed E-state index contributed by atoms with van der Waals surface area (Å²) < 4.78 is 5.05. The molecule has 1 aromatic carbocycles. The van der Waals surface area contributed by atoms with Crippen molar-refractivity contribution >= 4 is 46.5 Å². The Balaban J connectivity index is 1.51. The van der Waals surface area contributed by atoms with Gasteiger partial charge < -0.3 is 25.4 Å². The second kappa shape index (κ2) is 10.5. The summed E-state index contributed by atoms with van der Waals surface area (Å²) in [5, 5.41) is 23.6. The summed E-state index contributed by atoms with van der Waals surface area (Å²) in [6, 6.07) is 5.82. The molecule has 0 radical (unpaired) electrons. The average molecular weight is 483 g/mol. The van der Waals surface area contributed by atoms with Crippen LogP contribution in [-0.4, -0.2) is 62.6 Å². The minimum atomic E-state index is -0.201. The largest absolute Gasteiger partial charge is 0.395 e. The SMILES string of the molecule is O=C1Nc2cn3cnnc3c(n2)NCCCCC2CCCN(C2)c2cc(NSCCO)ccc21. The first-order valence-corrected chi connectivity index (χ1v) is 12.8. The van der Waals surface area contributed by atoms with Gasteiger partial charge in [0, 0.05) is 31.1 Å². The summed E-state index contributed by atoms with van der Waals surface area (Å²) in [7, 11) is 0. The number of fused-ring (bicyclic) bond motifs is 8. The van der Waals surface area contributed by atoms with Crippen LogP contribution in [0.4, 0.5) is 23.0 Å². The van der Waals surface area contributed by atoms with Crippen LogP contribution in [0, 0.1) is 5.92 Å². The van der Waals surface area contributed by atoms with E-state index in [1.54, 1.807) is 16.9 Å². The van der Waals surface area contributed by atoms with Crippen LogP contribution >= 0.6 is 11.9 Å². The number of aromatic nitrogens is 4. The van der Waals surface area contributed by atoms with Crippen molar-refractivity contribution in [2.75, 3.05) is 52.2 Å². The number of carbonyl (C=O) groups is 1. The maximum Gasteiger partial charge on any atom is 0.258 e. The van der Waals surface area contributed by atoms with Gasteiger partial charge in [-0.15, -0.1) is 10.2 Å². The number of nitrogens with zero attached hydrogens (tertiary/aromatic N) is 5. The molecule has 10 nitrogen and oxygen atoms in total. The number of nitrogens with one attached hydrogen (secondary N) is 3. The first kappa shape index (κ1) is 22.7. The Hall–Kier alpha value is -3.05. The number of carbonyl (C=O) groups excluding carboxylic acids is 1. The van der Waals surface area contributed by atoms with Gasteiger partial charge in [-0.1, -0.05) is 18.4 Å². The number of hydrogen-bond acceptors (Lipinski definition) is 9. The van der Waals surface area contributed by atoms with E-state index in [1.807, 2.05) is 18.2 Å². The maximum absolute atomic E-state index is 13.5. The van der Waals surface area contributed by atoms with Gasteiger partial charge >= 0.3 is 0 Å². The fraction of sp³-hybridized carbons (Fsp3) is 0.478. The molecular formula is C23H30N8O2S. The number of benzene rings is 1. The van der Waals surface area contributed by atoms with Crippen LogP contribution in [-0.2, 0) is 0 Å². The summed E-state index contributed by atoms with van der Waals surface area (Å²) in [6.07, 6.45) is 9.02. The topological polar surface area (TPSA) is 120 Å². The van der Waals surface area contributed by atoms with Crippen molar-refractivity contribution in [3.8, 4) is 0 Å². The molecule has 1 fully saturated rings. The summed E-state index contributed by atoms with van der Waals surface area (Å²) in [6.45, 7) is 2.79. The minimum Gasteiger partial charge on any atom is -0.395 e. The van der Waals surface area contributed by atoms with E-state index in [0.717, 1.165) is 56.7 Å². The number of aliphatic hydroxyl groups excluding tert-OH is 1. The Morgan fingerprint density at radius 2 is 2.15 bits per heavy atom. The Bertz CT molecular complexity index is 1150. The van der Waals surface area contributed by atoms with Gasteiger partial charge in [0.2, 0.25) is 5.65 Å². The van der Waals surface area contributed by atoms with E-state index in [2.05, 4.69) is 35.4 Å². The second-order valence-corrected chi connectivity index (χ2v) is 9.67. The van der Waals surface area contributed by atoms with Crippen molar-refractivity contribution in [3.05, 3.63) is 36.3 Å². The third-order valence-corrected chi connectivity index (χ3v) is 7.10. The highest BCUT2D eigenvalue weighted by atomic mass is 32.2. The number of anilines is 4. The lowest BCUT2D eigenvalue weighted by Gasteiger charge is -2.35. The van der Waals surface area contributed by atoms with E-state index in [-0.39, 0.29) is 12.5 Å². The van der Waals surface area contributed by atoms with Gasteiger partial charge in [-0.05, 0) is 49.8 Å². The molecule has 0 aliphatic carbocycles. The molecular weight excluding hydrogens is 452 g/mol. The van der Waals surface area contributed by atoms with Gasteiger partial charge in [0.1, 0.15) is 6.33 Å². The molecule has 1 unspecified atom stereocenters. The second-order valence-electron chi connectivity index (χ2n) is 8.77. The molecule has 1 saturated heterocycles. The number of hydrogen-bond donors (Lipinski definition) is 4. The highest BCUT2D eigenvalue weighted by Crippen LogP contribution is 2.32. The van der Waals surface area contributed by atoms with Crippen LogP contribution in [0.2, 0.25) is 0 Å². The molecule has 1 amide bonds. The molecule has 2 aliphatic heterocycles. The van der Waals surface area contributed by atoms with Crippen molar-refractivity contribution in [1.29, 1.82) is 0 Å². The molecule has 180 valence electrons.